The van der Waals surface area contributed by atoms with Crippen LogP contribution in [0, 0.1) is 0 Å². The van der Waals surface area contributed by atoms with Crippen molar-refractivity contribution in [2.45, 2.75) is 77.8 Å². The molecule has 2 aromatic rings. The average molecular weight is 415 g/mol. The van der Waals surface area contributed by atoms with Crippen LogP contribution < -0.4 is 8.85 Å². The molecule has 0 aromatic heterocycles. The highest BCUT2D eigenvalue weighted by molar-refractivity contribution is 6.70. The first-order chi connectivity index (χ1) is 13.0. The van der Waals surface area contributed by atoms with E-state index in [1.807, 2.05) is 0 Å². The molecule has 0 bridgehead atoms. The maximum atomic E-state index is 6.12. The van der Waals surface area contributed by atoms with Crippen LogP contribution in [0.25, 0.3) is 0 Å². The minimum atomic E-state index is -1.56. The molecule has 0 amide bonds. The maximum absolute atomic E-state index is 6.12. The van der Waals surface area contributed by atoms with E-state index in [1.165, 1.54) is 11.1 Å². The highest BCUT2D eigenvalue weighted by Gasteiger charge is 2.23. The predicted molar refractivity (Wildman–Crippen MR) is 127 cm³/mol. The lowest BCUT2D eigenvalue weighted by atomic mass is 9.78. The molecule has 4 heteroatoms. The summed E-state index contributed by atoms with van der Waals surface area (Å²) >= 11 is 0. The molecule has 0 N–H and O–H groups in total. The van der Waals surface area contributed by atoms with Crippen molar-refractivity contribution in [3.8, 4) is 11.5 Å². The number of hydrogen-bond acceptors (Lipinski definition) is 2. The summed E-state index contributed by atoms with van der Waals surface area (Å²) in [5.41, 5.74) is 2.81. The maximum Gasteiger partial charge on any atom is 0.242 e. The molecule has 0 fully saturated rings. The molecule has 0 radical (unpaired) electrons. The largest absolute Gasteiger partial charge is 0.544 e. The van der Waals surface area contributed by atoms with Crippen LogP contribution in [0.2, 0.25) is 39.3 Å². The topological polar surface area (TPSA) is 18.5 Å². The van der Waals surface area contributed by atoms with Gasteiger partial charge in [-0.1, -0.05) is 38.1 Å². The summed E-state index contributed by atoms with van der Waals surface area (Å²) < 4.78 is 12.2. The van der Waals surface area contributed by atoms with Gasteiger partial charge in [0.2, 0.25) is 16.6 Å². The summed E-state index contributed by atoms with van der Waals surface area (Å²) in [7, 11) is -3.13. The smallest absolute Gasteiger partial charge is 0.242 e. The molecule has 0 saturated carbocycles. The van der Waals surface area contributed by atoms with E-state index in [0.717, 1.165) is 24.3 Å². The Labute approximate surface area is 174 Å². The van der Waals surface area contributed by atoms with Gasteiger partial charge in [-0.2, -0.15) is 0 Å². The summed E-state index contributed by atoms with van der Waals surface area (Å²) in [4.78, 5) is 0. The minimum Gasteiger partial charge on any atom is -0.544 e. The van der Waals surface area contributed by atoms with Gasteiger partial charge in [-0.3, -0.25) is 0 Å². The van der Waals surface area contributed by atoms with Gasteiger partial charge in [-0.05, 0) is 99.4 Å². The average Bonchev–Trinajstić information content (AvgIpc) is 2.59. The van der Waals surface area contributed by atoms with Gasteiger partial charge < -0.3 is 8.85 Å². The molecule has 28 heavy (non-hydrogen) atoms. The molecule has 0 aliphatic heterocycles. The van der Waals surface area contributed by atoms with Gasteiger partial charge in [0.05, 0.1) is 0 Å². The highest BCUT2D eigenvalue weighted by atomic mass is 28.4. The zero-order valence-electron chi connectivity index (χ0n) is 19.0. The molecular formula is C24H38O2Si2. The summed E-state index contributed by atoms with van der Waals surface area (Å²) in [5, 5.41) is 0. The lowest BCUT2D eigenvalue weighted by Crippen LogP contribution is -2.29. The summed E-state index contributed by atoms with van der Waals surface area (Å²) in [6, 6.07) is 17.6. The molecule has 0 saturated heterocycles. The Morgan fingerprint density at radius 3 is 1.07 bits per heavy atom. The predicted octanol–water partition coefficient (Wildman–Crippen LogP) is 7.80. The quantitative estimate of drug-likeness (QED) is 0.390. The van der Waals surface area contributed by atoms with Crippen LogP contribution in [0.3, 0.4) is 0 Å². The van der Waals surface area contributed by atoms with Gasteiger partial charge in [-0.15, -0.1) is 0 Å². The summed E-state index contributed by atoms with van der Waals surface area (Å²) in [6.07, 6.45) is 2.25. The summed E-state index contributed by atoms with van der Waals surface area (Å²) in [5.74, 6) is 3.02. The van der Waals surface area contributed by atoms with E-state index < -0.39 is 16.6 Å². The zero-order valence-corrected chi connectivity index (χ0v) is 21.0. The van der Waals surface area contributed by atoms with Crippen LogP contribution in [-0.2, 0) is 0 Å². The third kappa shape index (κ3) is 6.82. The van der Waals surface area contributed by atoms with Gasteiger partial charge in [0.1, 0.15) is 11.5 Å². The van der Waals surface area contributed by atoms with Gasteiger partial charge >= 0.3 is 0 Å². The molecule has 2 nitrogen and oxygen atoms in total. The van der Waals surface area contributed by atoms with E-state index in [1.54, 1.807) is 0 Å². The van der Waals surface area contributed by atoms with E-state index in [0.29, 0.717) is 11.8 Å². The fourth-order valence-corrected chi connectivity index (χ4v) is 5.46. The second kappa shape index (κ2) is 9.31. The second-order valence-electron chi connectivity index (χ2n) is 9.60. The molecular weight excluding hydrogens is 376 g/mol. The van der Waals surface area contributed by atoms with Crippen LogP contribution >= 0.6 is 0 Å². The Hall–Kier alpha value is -1.53. The number of benzene rings is 2. The lowest BCUT2D eigenvalue weighted by molar-refractivity contribution is 0.506. The highest BCUT2D eigenvalue weighted by Crippen LogP contribution is 2.39. The first-order valence-electron chi connectivity index (χ1n) is 10.6. The van der Waals surface area contributed by atoms with E-state index in [2.05, 4.69) is 102 Å². The fourth-order valence-electron chi connectivity index (χ4n) is 3.78. The minimum absolute atomic E-state index is 0.509. The lowest BCUT2D eigenvalue weighted by Gasteiger charge is -2.27. The van der Waals surface area contributed by atoms with Crippen molar-refractivity contribution in [2.24, 2.45) is 0 Å². The standard InChI is InChI=1S/C24H38O2Si2/c1-9-23(19-11-15-21(16-12-19)25-27(3,4)5)24(10-2)20-13-17-22(18-14-20)26-28(6,7)8/h11-18,23-24H,9-10H2,1-8H3/t23-,24+. The Bertz CT molecular complexity index is 660. The molecule has 154 valence electrons. The van der Waals surface area contributed by atoms with Crippen LogP contribution in [0.5, 0.6) is 11.5 Å². The van der Waals surface area contributed by atoms with E-state index in [9.17, 15) is 0 Å². The van der Waals surface area contributed by atoms with Crippen molar-refractivity contribution in [3.05, 3.63) is 59.7 Å². The Kier molecular flexibility index (Phi) is 7.57. The first kappa shape index (κ1) is 22.8. The molecule has 0 aliphatic rings. The van der Waals surface area contributed by atoms with Crippen molar-refractivity contribution in [1.82, 2.24) is 0 Å². The fraction of sp³-hybridized carbons (Fsp3) is 0.500. The molecule has 0 aliphatic carbocycles. The van der Waals surface area contributed by atoms with Gasteiger partial charge in [0.15, 0.2) is 0 Å². The van der Waals surface area contributed by atoms with Crippen molar-refractivity contribution in [1.29, 1.82) is 0 Å². The molecule has 2 atom stereocenters. The number of rotatable bonds is 9. The molecule has 0 heterocycles. The number of hydrogen-bond donors (Lipinski definition) is 0. The van der Waals surface area contributed by atoms with E-state index >= 15 is 0 Å². The Morgan fingerprint density at radius 1 is 0.571 bits per heavy atom. The van der Waals surface area contributed by atoms with Gasteiger partial charge in [0.25, 0.3) is 0 Å². The second-order valence-corrected chi connectivity index (χ2v) is 18.5. The molecule has 2 rings (SSSR count). The van der Waals surface area contributed by atoms with Crippen molar-refractivity contribution in [2.75, 3.05) is 0 Å². The van der Waals surface area contributed by atoms with Gasteiger partial charge in [-0.25, -0.2) is 0 Å². The van der Waals surface area contributed by atoms with E-state index in [-0.39, 0.29) is 0 Å². The van der Waals surface area contributed by atoms with Crippen LogP contribution in [0.4, 0.5) is 0 Å². The SMILES string of the molecule is CC[C@H](c1ccc(O[Si](C)(C)C)cc1)[C@@H](CC)c1ccc(O[Si](C)(C)C)cc1. The van der Waals surface area contributed by atoms with Crippen molar-refractivity contribution < 1.29 is 8.85 Å². The Morgan fingerprint density at radius 2 is 0.857 bits per heavy atom. The van der Waals surface area contributed by atoms with Crippen molar-refractivity contribution >= 4 is 16.6 Å². The van der Waals surface area contributed by atoms with Crippen LogP contribution in [0.15, 0.2) is 48.5 Å². The third-order valence-corrected chi connectivity index (χ3v) is 6.53. The van der Waals surface area contributed by atoms with Crippen molar-refractivity contribution in [3.63, 3.8) is 0 Å². The third-order valence-electron chi connectivity index (χ3n) is 4.83. The van der Waals surface area contributed by atoms with Crippen LogP contribution in [-0.4, -0.2) is 16.6 Å². The van der Waals surface area contributed by atoms with Gasteiger partial charge in [0, 0.05) is 0 Å². The molecule has 0 spiro atoms. The summed E-state index contributed by atoms with van der Waals surface area (Å²) in [6.45, 7) is 17.9. The van der Waals surface area contributed by atoms with Crippen LogP contribution in [0.1, 0.15) is 49.7 Å². The Balaban J connectivity index is 2.21. The van der Waals surface area contributed by atoms with E-state index in [4.69, 9.17) is 8.85 Å². The zero-order chi connectivity index (χ0) is 20.9. The molecule has 2 aromatic carbocycles. The monoisotopic (exact) mass is 414 g/mol. The molecule has 0 unspecified atom stereocenters. The normalized spacial score (nSPS) is 14.4. The first-order valence-corrected chi connectivity index (χ1v) is 17.4.